The highest BCUT2D eigenvalue weighted by Gasteiger charge is 2.53. The van der Waals surface area contributed by atoms with Crippen molar-refractivity contribution in [2.75, 3.05) is 19.7 Å². The van der Waals surface area contributed by atoms with Gasteiger partial charge in [-0.3, -0.25) is 4.99 Å². The lowest BCUT2D eigenvalue weighted by Gasteiger charge is -2.48. The van der Waals surface area contributed by atoms with Gasteiger partial charge in [0, 0.05) is 40.3 Å². The number of benzene rings is 3. The molecule has 176 valence electrons. The molecule has 0 bridgehead atoms. The first-order chi connectivity index (χ1) is 16.4. The molecule has 0 radical (unpaired) electrons. The topological polar surface area (TPSA) is 59.6 Å². The number of piperidine rings is 1. The van der Waals surface area contributed by atoms with Gasteiger partial charge in [0.25, 0.3) is 0 Å². The van der Waals surface area contributed by atoms with Crippen molar-refractivity contribution in [3.63, 3.8) is 0 Å². The quantitative estimate of drug-likeness (QED) is 0.437. The summed E-state index contributed by atoms with van der Waals surface area (Å²) in [5, 5.41) is 4.94. The highest BCUT2D eigenvalue weighted by molar-refractivity contribution is 6.31. The van der Waals surface area contributed by atoms with Gasteiger partial charge in [0.2, 0.25) is 0 Å². The van der Waals surface area contributed by atoms with Crippen molar-refractivity contribution in [2.24, 2.45) is 10.7 Å². The molecule has 0 unspecified atom stereocenters. The Morgan fingerprint density at radius 2 is 1.88 bits per heavy atom. The lowest BCUT2D eigenvalue weighted by Crippen LogP contribution is -2.51. The normalized spacial score (nSPS) is 23.3. The minimum atomic E-state index is -0.595. The van der Waals surface area contributed by atoms with Crippen molar-refractivity contribution < 1.29 is 9.13 Å². The Morgan fingerprint density at radius 3 is 2.71 bits per heavy atom. The first-order valence-corrected chi connectivity index (χ1v) is 12.2. The van der Waals surface area contributed by atoms with E-state index in [-0.39, 0.29) is 17.8 Å². The van der Waals surface area contributed by atoms with Crippen molar-refractivity contribution in [1.82, 2.24) is 5.32 Å². The summed E-state index contributed by atoms with van der Waals surface area (Å²) in [6.45, 7) is 3.57. The Labute approximate surface area is 208 Å². The number of aliphatic imine (C=N–C) groups is 1. The van der Waals surface area contributed by atoms with Gasteiger partial charge in [0.05, 0.1) is 11.1 Å². The largest absolute Gasteiger partial charge is 0.492 e. The fraction of sp³-hybridized carbons (Fsp3) is 0.296. The second kappa shape index (κ2) is 9.31. The molecule has 0 aromatic heterocycles. The van der Waals surface area contributed by atoms with Gasteiger partial charge in [-0.2, -0.15) is 0 Å². The van der Waals surface area contributed by atoms with Crippen molar-refractivity contribution >= 4 is 35.1 Å². The molecule has 2 aliphatic rings. The third kappa shape index (κ3) is 3.91. The number of hydrogen-bond acceptors (Lipinski definition) is 4. The molecule has 1 saturated heterocycles. The Hall–Kier alpha value is -2.44. The number of nitrogens with one attached hydrogen (secondary N) is 1. The third-order valence-corrected chi connectivity index (χ3v) is 7.42. The molecule has 0 saturated carbocycles. The van der Waals surface area contributed by atoms with E-state index in [0.29, 0.717) is 23.2 Å². The van der Waals surface area contributed by atoms with E-state index in [2.05, 4.69) is 5.32 Å². The van der Waals surface area contributed by atoms with Gasteiger partial charge >= 0.3 is 0 Å². The maximum atomic E-state index is 14.5. The number of rotatable bonds is 5. The molecule has 3 atom stereocenters. The second-order valence-corrected chi connectivity index (χ2v) is 9.77. The van der Waals surface area contributed by atoms with Crippen LogP contribution >= 0.6 is 23.2 Å². The molecule has 2 aliphatic heterocycles. The number of halogens is 3. The van der Waals surface area contributed by atoms with Gasteiger partial charge in [-0.05, 0) is 79.0 Å². The Kier molecular flexibility index (Phi) is 6.38. The van der Waals surface area contributed by atoms with Gasteiger partial charge in [0.1, 0.15) is 18.2 Å². The Balaban J connectivity index is 1.75. The van der Waals surface area contributed by atoms with Crippen molar-refractivity contribution in [3.05, 3.63) is 92.7 Å². The maximum Gasteiger partial charge on any atom is 0.123 e. The SMILES string of the molecule is Cc1ccc(F)cc1[C@@H]1NCC[C@@H](c2cc(Cl)ccc2OCCN)[C@@]12C=Nc1cc(Cl)ccc12. The predicted octanol–water partition coefficient (Wildman–Crippen LogP) is 6.25. The average Bonchev–Trinajstić information content (AvgIpc) is 3.18. The molecule has 3 aromatic carbocycles. The van der Waals surface area contributed by atoms with E-state index in [9.17, 15) is 4.39 Å². The fourth-order valence-electron chi connectivity index (χ4n) is 5.51. The van der Waals surface area contributed by atoms with Gasteiger partial charge < -0.3 is 15.8 Å². The number of fused-ring (bicyclic) bond motifs is 2. The Bertz CT molecular complexity index is 1260. The highest BCUT2D eigenvalue weighted by atomic mass is 35.5. The van der Waals surface area contributed by atoms with Crippen LogP contribution in [0.4, 0.5) is 10.1 Å². The van der Waals surface area contributed by atoms with Gasteiger partial charge in [-0.15, -0.1) is 0 Å². The minimum Gasteiger partial charge on any atom is -0.492 e. The number of hydrogen-bond donors (Lipinski definition) is 2. The zero-order chi connectivity index (χ0) is 23.9. The van der Waals surface area contributed by atoms with E-state index in [1.807, 2.05) is 55.6 Å². The van der Waals surface area contributed by atoms with E-state index in [1.165, 1.54) is 6.07 Å². The smallest absolute Gasteiger partial charge is 0.123 e. The van der Waals surface area contributed by atoms with Crippen LogP contribution in [0.5, 0.6) is 5.75 Å². The predicted molar refractivity (Wildman–Crippen MR) is 137 cm³/mol. The third-order valence-electron chi connectivity index (χ3n) is 6.95. The number of nitrogens with two attached hydrogens (primary N) is 1. The number of ether oxygens (including phenoxy) is 1. The lowest BCUT2D eigenvalue weighted by molar-refractivity contribution is 0.258. The van der Waals surface area contributed by atoms with Crippen LogP contribution in [0.2, 0.25) is 10.0 Å². The molecule has 7 heteroatoms. The van der Waals surface area contributed by atoms with Gasteiger partial charge in [0.15, 0.2) is 0 Å². The van der Waals surface area contributed by atoms with E-state index < -0.39 is 5.41 Å². The first-order valence-electron chi connectivity index (χ1n) is 11.4. The zero-order valence-corrected chi connectivity index (χ0v) is 20.3. The molecular formula is C27H26Cl2FN3O. The minimum absolute atomic E-state index is 0.0286. The molecule has 1 fully saturated rings. The monoisotopic (exact) mass is 497 g/mol. The van der Waals surface area contributed by atoms with Crippen LogP contribution in [0.25, 0.3) is 0 Å². The van der Waals surface area contributed by atoms with Gasteiger partial charge in [-0.25, -0.2) is 4.39 Å². The highest BCUT2D eigenvalue weighted by Crippen LogP contribution is 2.57. The number of aryl methyl sites for hydroxylation is 1. The zero-order valence-electron chi connectivity index (χ0n) is 18.8. The van der Waals surface area contributed by atoms with E-state index in [4.69, 9.17) is 38.7 Å². The molecule has 2 heterocycles. The molecule has 0 aliphatic carbocycles. The summed E-state index contributed by atoms with van der Waals surface area (Å²) < 4.78 is 20.5. The van der Waals surface area contributed by atoms with E-state index in [0.717, 1.165) is 46.7 Å². The summed E-state index contributed by atoms with van der Waals surface area (Å²) in [7, 11) is 0. The average molecular weight is 498 g/mol. The van der Waals surface area contributed by atoms with Crippen LogP contribution < -0.4 is 15.8 Å². The summed E-state index contributed by atoms with van der Waals surface area (Å²) in [5.74, 6) is 0.464. The van der Waals surface area contributed by atoms with Crippen LogP contribution in [0, 0.1) is 12.7 Å². The Morgan fingerprint density at radius 1 is 1.09 bits per heavy atom. The van der Waals surface area contributed by atoms with E-state index in [1.54, 1.807) is 6.07 Å². The van der Waals surface area contributed by atoms with Crippen molar-refractivity contribution in [3.8, 4) is 5.75 Å². The summed E-state index contributed by atoms with van der Waals surface area (Å²) in [4.78, 5) is 4.82. The second-order valence-electron chi connectivity index (χ2n) is 8.90. The van der Waals surface area contributed by atoms with Crippen LogP contribution in [0.3, 0.4) is 0 Å². The van der Waals surface area contributed by atoms with Crippen LogP contribution in [-0.4, -0.2) is 25.9 Å². The molecule has 4 nitrogen and oxygen atoms in total. The van der Waals surface area contributed by atoms with Gasteiger partial charge in [-0.1, -0.05) is 35.3 Å². The molecule has 3 N–H and O–H groups in total. The van der Waals surface area contributed by atoms with Crippen LogP contribution in [0.1, 0.15) is 40.6 Å². The fourth-order valence-corrected chi connectivity index (χ4v) is 5.85. The van der Waals surface area contributed by atoms with E-state index >= 15 is 0 Å². The molecular weight excluding hydrogens is 472 g/mol. The summed E-state index contributed by atoms with van der Waals surface area (Å²) in [6.07, 6.45) is 2.83. The first kappa shape index (κ1) is 23.3. The van der Waals surface area contributed by atoms with Crippen molar-refractivity contribution in [1.29, 1.82) is 0 Å². The lowest BCUT2D eigenvalue weighted by atomic mass is 9.59. The molecule has 5 rings (SSSR count). The molecule has 3 aromatic rings. The van der Waals surface area contributed by atoms with Crippen LogP contribution in [-0.2, 0) is 5.41 Å². The molecule has 1 spiro atoms. The van der Waals surface area contributed by atoms with Crippen LogP contribution in [0.15, 0.2) is 59.6 Å². The maximum absolute atomic E-state index is 14.5. The standard InChI is InChI=1S/C27H26Cl2FN3O/c1-16-2-5-19(30)14-20(16)26-27(15-33-24-13-18(29)3-6-23(24)27)22(8-10-32-26)21-12-17(28)4-7-25(21)34-11-9-31/h2-7,12-15,22,26,32H,8-11,31H2,1H3/t22-,26-,27+/m0/s1. The van der Waals surface area contributed by atoms with Crippen molar-refractivity contribution in [2.45, 2.75) is 30.7 Å². The molecule has 34 heavy (non-hydrogen) atoms. The number of nitrogens with zero attached hydrogens (tertiary/aromatic N) is 1. The summed E-state index contributed by atoms with van der Waals surface area (Å²) in [6, 6.07) is 16.3. The summed E-state index contributed by atoms with van der Waals surface area (Å²) >= 11 is 12.8. The summed E-state index contributed by atoms with van der Waals surface area (Å²) in [5.41, 5.74) is 9.92. The molecule has 0 amide bonds.